The van der Waals surface area contributed by atoms with Crippen molar-refractivity contribution in [2.24, 2.45) is 5.73 Å². The van der Waals surface area contributed by atoms with E-state index in [0.29, 0.717) is 6.61 Å². The molecule has 0 spiro atoms. The highest BCUT2D eigenvalue weighted by Gasteiger charge is 2.25. The van der Waals surface area contributed by atoms with Gasteiger partial charge in [-0.1, -0.05) is 169 Å². The molecule has 0 radical (unpaired) electrons. The van der Waals surface area contributed by atoms with Gasteiger partial charge in [0.1, 0.15) is 6.10 Å². The zero-order chi connectivity index (χ0) is 42.3. The maximum Gasteiger partial charge on any atom is 0.472 e. The number of allylic oxidation sites excluding steroid dienone is 16. The van der Waals surface area contributed by atoms with Gasteiger partial charge in [0.25, 0.3) is 0 Å². The third kappa shape index (κ3) is 44.5. The van der Waals surface area contributed by atoms with Crippen molar-refractivity contribution in [1.82, 2.24) is 0 Å². The van der Waals surface area contributed by atoms with Gasteiger partial charge < -0.3 is 20.1 Å². The summed E-state index contributed by atoms with van der Waals surface area (Å²) in [5.74, 6) is -0.356. The summed E-state index contributed by atoms with van der Waals surface area (Å²) in [7, 11) is -4.29. The Kier molecular flexibility index (Phi) is 43.5. The van der Waals surface area contributed by atoms with Crippen molar-refractivity contribution in [3.05, 3.63) is 97.2 Å². The van der Waals surface area contributed by atoms with Crippen LogP contribution in [0.5, 0.6) is 0 Å². The lowest BCUT2D eigenvalue weighted by Gasteiger charge is -2.20. The van der Waals surface area contributed by atoms with E-state index < -0.39 is 13.9 Å². The number of rotatable bonds is 42. The normalized spacial score (nSPS) is 14.3. The molecule has 0 heterocycles. The summed E-state index contributed by atoms with van der Waals surface area (Å²) in [5.41, 5.74) is 5.37. The van der Waals surface area contributed by atoms with Gasteiger partial charge in [-0.2, -0.15) is 0 Å². The molecule has 2 unspecified atom stereocenters. The van der Waals surface area contributed by atoms with Crippen LogP contribution in [0.15, 0.2) is 97.2 Å². The summed E-state index contributed by atoms with van der Waals surface area (Å²) in [6, 6.07) is 0. The third-order valence-corrected chi connectivity index (χ3v) is 9.98. The largest absolute Gasteiger partial charge is 0.472 e. The van der Waals surface area contributed by atoms with Gasteiger partial charge in [-0.25, -0.2) is 4.57 Å². The van der Waals surface area contributed by atoms with E-state index in [4.69, 9.17) is 24.3 Å². The van der Waals surface area contributed by atoms with Crippen LogP contribution in [-0.4, -0.2) is 49.9 Å². The number of hydrogen-bond acceptors (Lipinski definition) is 7. The lowest BCUT2D eigenvalue weighted by Crippen LogP contribution is -2.28. The summed E-state index contributed by atoms with van der Waals surface area (Å²) < 4.78 is 33.5. The van der Waals surface area contributed by atoms with E-state index in [1.807, 2.05) is 0 Å². The van der Waals surface area contributed by atoms with Crippen molar-refractivity contribution in [3.63, 3.8) is 0 Å². The second kappa shape index (κ2) is 45.5. The van der Waals surface area contributed by atoms with E-state index in [2.05, 4.69) is 111 Å². The lowest BCUT2D eigenvalue weighted by molar-refractivity contribution is -0.154. The minimum absolute atomic E-state index is 0.0898. The highest BCUT2D eigenvalue weighted by Crippen LogP contribution is 2.43. The number of esters is 1. The van der Waals surface area contributed by atoms with Crippen LogP contribution < -0.4 is 5.73 Å². The summed E-state index contributed by atoms with van der Waals surface area (Å²) in [6.45, 7) is 4.63. The van der Waals surface area contributed by atoms with Crippen LogP contribution in [0.2, 0.25) is 0 Å². The Morgan fingerprint density at radius 1 is 0.517 bits per heavy atom. The highest BCUT2D eigenvalue weighted by atomic mass is 31.2. The van der Waals surface area contributed by atoms with Gasteiger partial charge in [-0.05, 0) is 89.9 Å². The van der Waals surface area contributed by atoms with Gasteiger partial charge >= 0.3 is 13.8 Å². The second-order valence-electron chi connectivity index (χ2n) is 14.5. The van der Waals surface area contributed by atoms with Crippen molar-refractivity contribution < 1.29 is 32.8 Å². The number of carbonyl (C=O) groups is 1. The van der Waals surface area contributed by atoms with Crippen molar-refractivity contribution in [1.29, 1.82) is 0 Å². The smallest absolute Gasteiger partial charge is 0.457 e. The molecule has 0 saturated carbocycles. The van der Waals surface area contributed by atoms with Gasteiger partial charge in [0.2, 0.25) is 0 Å². The molecule has 2 atom stereocenters. The van der Waals surface area contributed by atoms with E-state index in [1.54, 1.807) is 0 Å². The molecule has 0 saturated heterocycles. The summed E-state index contributed by atoms with van der Waals surface area (Å²) in [4.78, 5) is 22.5. The zero-order valence-electron chi connectivity index (χ0n) is 36.7. The number of phosphoric acid groups is 1. The van der Waals surface area contributed by atoms with Crippen LogP contribution in [0.1, 0.15) is 168 Å². The van der Waals surface area contributed by atoms with Gasteiger partial charge in [0.05, 0.1) is 19.8 Å². The summed E-state index contributed by atoms with van der Waals surface area (Å²) in [5, 5.41) is 0. The molecule has 8 nitrogen and oxygen atoms in total. The molecule has 0 aromatic carbocycles. The standard InChI is InChI=1S/C49H84NO7P/c1-3-5-7-9-11-13-15-17-19-21-23-24-25-26-28-30-32-34-36-38-40-42-49(51)57-48(47-56-58(52,53)55-45-43-50)46-54-44-41-39-37-35-33-31-29-27-22-20-18-16-14-12-10-8-6-4-2/h5-8,11-14,17-20,23-24,26,28,48H,3-4,9-10,15-16,21-22,25,27,29-47,50H2,1-2H3,(H,52,53)/b7-5-,8-6-,13-11-,14-12-,19-17-,20-18-,24-23-,28-26-. The van der Waals surface area contributed by atoms with Crippen LogP contribution in [0.4, 0.5) is 0 Å². The number of nitrogens with two attached hydrogens (primary N) is 1. The van der Waals surface area contributed by atoms with Gasteiger partial charge in [0, 0.05) is 19.6 Å². The van der Waals surface area contributed by atoms with Crippen LogP contribution in [0.25, 0.3) is 0 Å². The number of hydrogen-bond donors (Lipinski definition) is 2. The molecule has 0 aromatic heterocycles. The molecule has 0 aromatic rings. The molecule has 58 heavy (non-hydrogen) atoms. The number of phosphoric ester groups is 1. The van der Waals surface area contributed by atoms with Crippen LogP contribution in [0.3, 0.4) is 0 Å². The van der Waals surface area contributed by atoms with Crippen molar-refractivity contribution in [2.45, 2.75) is 174 Å². The monoisotopic (exact) mass is 830 g/mol. The van der Waals surface area contributed by atoms with E-state index in [9.17, 15) is 14.3 Å². The third-order valence-electron chi connectivity index (χ3n) is 9.00. The molecule has 0 bridgehead atoms. The SMILES string of the molecule is CC/C=C\C/C=C\C/C=C\C/C=C\C/C=C\CCCCCCCC(=O)OC(COCCCCCCCCCC/C=C\C/C=C\C/C=C\CC)COP(=O)(O)OCCN. The van der Waals surface area contributed by atoms with Crippen molar-refractivity contribution in [3.8, 4) is 0 Å². The number of unbranched alkanes of at least 4 members (excludes halogenated alkanes) is 13. The molecule has 0 amide bonds. The molecule has 0 aliphatic heterocycles. The maximum absolute atomic E-state index is 12.6. The van der Waals surface area contributed by atoms with Crippen LogP contribution in [0, 0.1) is 0 Å². The fraction of sp³-hybridized carbons (Fsp3) is 0.653. The Hall–Kier alpha value is -2.58. The first-order valence-corrected chi connectivity index (χ1v) is 24.2. The molecular formula is C49H84NO7P. The average Bonchev–Trinajstić information content (AvgIpc) is 3.21. The Morgan fingerprint density at radius 2 is 0.914 bits per heavy atom. The van der Waals surface area contributed by atoms with Crippen molar-refractivity contribution >= 4 is 13.8 Å². The van der Waals surface area contributed by atoms with E-state index in [0.717, 1.165) is 109 Å². The first kappa shape index (κ1) is 55.4. The topological polar surface area (TPSA) is 117 Å². The Balaban J connectivity index is 4.09. The fourth-order valence-electron chi connectivity index (χ4n) is 5.74. The first-order valence-electron chi connectivity index (χ1n) is 22.7. The zero-order valence-corrected chi connectivity index (χ0v) is 37.6. The predicted octanol–water partition coefficient (Wildman–Crippen LogP) is 13.9. The molecule has 9 heteroatoms. The van der Waals surface area contributed by atoms with E-state index >= 15 is 0 Å². The molecule has 3 N–H and O–H groups in total. The minimum atomic E-state index is -4.29. The summed E-state index contributed by atoms with van der Waals surface area (Å²) >= 11 is 0. The second-order valence-corrected chi connectivity index (χ2v) is 16.0. The number of ether oxygens (including phenoxy) is 2. The molecule has 0 aliphatic carbocycles. The predicted molar refractivity (Wildman–Crippen MR) is 247 cm³/mol. The van der Waals surface area contributed by atoms with Gasteiger partial charge in [-0.15, -0.1) is 0 Å². The average molecular weight is 830 g/mol. The summed E-state index contributed by atoms with van der Waals surface area (Å²) in [6.07, 6.45) is 60.0. The fourth-order valence-corrected chi connectivity index (χ4v) is 6.51. The first-order chi connectivity index (χ1) is 28.4. The van der Waals surface area contributed by atoms with E-state index in [1.165, 1.54) is 38.5 Å². The van der Waals surface area contributed by atoms with Crippen molar-refractivity contribution in [2.75, 3.05) is 33.0 Å². The van der Waals surface area contributed by atoms with Gasteiger partial charge in [0.15, 0.2) is 0 Å². The Bertz CT molecular complexity index is 1200. The molecule has 0 fully saturated rings. The molecule has 0 aliphatic rings. The maximum atomic E-state index is 12.6. The quantitative estimate of drug-likeness (QED) is 0.0270. The van der Waals surface area contributed by atoms with Crippen LogP contribution in [-0.2, 0) is 27.9 Å². The molecule has 332 valence electrons. The minimum Gasteiger partial charge on any atom is -0.457 e. The van der Waals surface area contributed by atoms with E-state index in [-0.39, 0.29) is 38.8 Å². The molecule has 0 rings (SSSR count). The molecular weight excluding hydrogens is 746 g/mol. The highest BCUT2D eigenvalue weighted by molar-refractivity contribution is 7.47. The lowest BCUT2D eigenvalue weighted by atomic mass is 10.1. The van der Waals surface area contributed by atoms with Gasteiger partial charge in [-0.3, -0.25) is 13.8 Å². The number of carbonyl (C=O) groups excluding carboxylic acids is 1. The van der Waals surface area contributed by atoms with Crippen LogP contribution >= 0.6 is 7.82 Å². The Morgan fingerprint density at radius 3 is 1.36 bits per heavy atom. The Labute approximate surface area is 355 Å².